The smallest absolute Gasteiger partial charge is 0.265 e. The second-order valence-corrected chi connectivity index (χ2v) is 8.24. The van der Waals surface area contributed by atoms with Gasteiger partial charge in [0.1, 0.15) is 5.75 Å². The van der Waals surface area contributed by atoms with Gasteiger partial charge >= 0.3 is 0 Å². The monoisotopic (exact) mass is 437 g/mol. The van der Waals surface area contributed by atoms with Crippen LogP contribution in [0.1, 0.15) is 24.4 Å². The van der Waals surface area contributed by atoms with Crippen LogP contribution in [0.5, 0.6) is 5.75 Å². The Morgan fingerprint density at radius 3 is 2.84 bits per heavy atom. The molecular weight excluding hydrogens is 414 g/mol. The van der Waals surface area contributed by atoms with Gasteiger partial charge in [-0.25, -0.2) is 0 Å². The predicted molar refractivity (Wildman–Crippen MR) is 119 cm³/mol. The van der Waals surface area contributed by atoms with Crippen LogP contribution >= 0.6 is 11.8 Å². The maximum Gasteiger partial charge on any atom is 0.265 e. The Hall–Kier alpha value is -3.33. The highest BCUT2D eigenvalue weighted by Gasteiger charge is 2.32. The first kappa shape index (κ1) is 20.9. The summed E-state index contributed by atoms with van der Waals surface area (Å²) in [5.74, 6) is 1.24. The molecule has 9 heteroatoms. The lowest BCUT2D eigenvalue weighted by Crippen LogP contribution is -2.41. The summed E-state index contributed by atoms with van der Waals surface area (Å²) in [5, 5.41) is 12.0. The average Bonchev–Trinajstić information content (AvgIpc) is 3.12. The summed E-state index contributed by atoms with van der Waals surface area (Å²) in [5.41, 5.74) is 2.56. The molecule has 1 aliphatic heterocycles. The fourth-order valence-electron chi connectivity index (χ4n) is 3.53. The van der Waals surface area contributed by atoms with Crippen LogP contribution in [0.4, 0.5) is 11.4 Å². The van der Waals surface area contributed by atoms with Crippen molar-refractivity contribution in [3.63, 3.8) is 0 Å². The fraction of sp³-hybridized carbons (Fsp3) is 0.273. The summed E-state index contributed by atoms with van der Waals surface area (Å²) < 4.78 is 7.35. The molecule has 0 radical (unpaired) electrons. The molecule has 2 heterocycles. The standard InChI is InChI=1S/C22H23N5O3S/c1-14-7-6-8-16(11-14)23-19(28)13-31-22-25-24-21(26(22)3)15(2)27-17-9-4-5-10-18(17)30-12-20(27)29/h4-11,15H,12-13H2,1-3H3,(H,23,28)/t15-/m1/s1. The Bertz CT molecular complexity index is 1130. The third-order valence-corrected chi connectivity index (χ3v) is 6.03. The Kier molecular flexibility index (Phi) is 5.94. The summed E-state index contributed by atoms with van der Waals surface area (Å²) in [6.45, 7) is 3.87. The lowest BCUT2D eigenvalue weighted by Gasteiger charge is -2.33. The highest BCUT2D eigenvalue weighted by Crippen LogP contribution is 2.37. The molecule has 2 amide bonds. The minimum absolute atomic E-state index is 0.0139. The third kappa shape index (κ3) is 4.41. The highest BCUT2D eigenvalue weighted by molar-refractivity contribution is 7.99. The second-order valence-electron chi connectivity index (χ2n) is 7.30. The maximum absolute atomic E-state index is 12.6. The van der Waals surface area contributed by atoms with E-state index in [4.69, 9.17) is 4.74 Å². The molecule has 0 spiro atoms. The van der Waals surface area contributed by atoms with Crippen LogP contribution in [0.15, 0.2) is 53.7 Å². The van der Waals surface area contributed by atoms with E-state index in [1.807, 2.05) is 74.0 Å². The number of hydrogen-bond acceptors (Lipinski definition) is 6. The van der Waals surface area contributed by atoms with E-state index >= 15 is 0 Å². The van der Waals surface area contributed by atoms with Crippen LogP contribution in [0.3, 0.4) is 0 Å². The molecule has 1 N–H and O–H groups in total. The number of para-hydroxylation sites is 2. The average molecular weight is 438 g/mol. The number of aromatic nitrogens is 3. The number of carbonyl (C=O) groups is 2. The van der Waals surface area contributed by atoms with Crippen molar-refractivity contribution in [1.82, 2.24) is 14.8 Å². The van der Waals surface area contributed by atoms with Crippen molar-refractivity contribution >= 4 is 35.0 Å². The molecule has 0 bridgehead atoms. The van der Waals surface area contributed by atoms with Crippen LogP contribution < -0.4 is 15.0 Å². The van der Waals surface area contributed by atoms with E-state index in [1.54, 1.807) is 4.90 Å². The molecule has 160 valence electrons. The number of thioether (sulfide) groups is 1. The number of rotatable bonds is 6. The Morgan fingerprint density at radius 2 is 2.03 bits per heavy atom. The topological polar surface area (TPSA) is 89.3 Å². The SMILES string of the molecule is Cc1cccc(NC(=O)CSc2nnc([C@@H](C)N3C(=O)COc4ccccc43)n2C)c1. The van der Waals surface area contributed by atoms with Crippen molar-refractivity contribution in [3.8, 4) is 5.75 Å². The van der Waals surface area contributed by atoms with Crippen LogP contribution in [-0.2, 0) is 16.6 Å². The van der Waals surface area contributed by atoms with E-state index in [0.29, 0.717) is 22.4 Å². The van der Waals surface area contributed by atoms with E-state index in [9.17, 15) is 9.59 Å². The largest absolute Gasteiger partial charge is 0.482 e. The van der Waals surface area contributed by atoms with Gasteiger partial charge in [0, 0.05) is 12.7 Å². The number of aryl methyl sites for hydroxylation is 1. The van der Waals surface area contributed by atoms with Crippen LogP contribution in [0.25, 0.3) is 0 Å². The van der Waals surface area contributed by atoms with Gasteiger partial charge in [-0.05, 0) is 43.7 Å². The van der Waals surface area contributed by atoms with Gasteiger partial charge in [0.2, 0.25) is 5.91 Å². The van der Waals surface area contributed by atoms with E-state index in [1.165, 1.54) is 11.8 Å². The molecule has 4 rings (SSSR count). The summed E-state index contributed by atoms with van der Waals surface area (Å²) in [6.07, 6.45) is 0. The first-order valence-electron chi connectivity index (χ1n) is 9.86. The lowest BCUT2D eigenvalue weighted by atomic mass is 10.1. The van der Waals surface area contributed by atoms with E-state index in [0.717, 1.165) is 11.3 Å². The van der Waals surface area contributed by atoms with E-state index in [-0.39, 0.29) is 30.2 Å². The van der Waals surface area contributed by atoms with Crippen LogP contribution in [-0.4, -0.2) is 38.9 Å². The zero-order chi connectivity index (χ0) is 22.0. The Morgan fingerprint density at radius 1 is 1.23 bits per heavy atom. The van der Waals surface area contributed by atoms with Crippen LogP contribution in [0, 0.1) is 6.92 Å². The summed E-state index contributed by atoms with van der Waals surface area (Å²) in [4.78, 5) is 26.6. The number of benzene rings is 2. The van der Waals surface area contributed by atoms with Crippen LogP contribution in [0.2, 0.25) is 0 Å². The summed E-state index contributed by atoms with van der Waals surface area (Å²) in [6, 6.07) is 14.7. The van der Waals surface area contributed by atoms with Gasteiger partial charge < -0.3 is 14.6 Å². The van der Waals surface area contributed by atoms with Gasteiger partial charge in [-0.1, -0.05) is 36.0 Å². The van der Waals surface area contributed by atoms with Crippen molar-refractivity contribution in [3.05, 3.63) is 59.9 Å². The first-order chi connectivity index (χ1) is 14.9. The zero-order valence-corrected chi connectivity index (χ0v) is 18.3. The minimum Gasteiger partial charge on any atom is -0.482 e. The third-order valence-electron chi connectivity index (χ3n) is 5.01. The first-order valence-corrected chi connectivity index (χ1v) is 10.8. The van der Waals surface area contributed by atoms with Gasteiger partial charge in [0.15, 0.2) is 17.6 Å². The minimum atomic E-state index is -0.342. The molecule has 3 aromatic rings. The number of carbonyl (C=O) groups excluding carboxylic acids is 2. The molecule has 2 aromatic carbocycles. The van der Waals surface area contributed by atoms with E-state index in [2.05, 4.69) is 15.5 Å². The molecule has 31 heavy (non-hydrogen) atoms. The molecule has 0 unspecified atom stereocenters. The summed E-state index contributed by atoms with van der Waals surface area (Å²) in [7, 11) is 1.84. The van der Waals surface area contributed by atoms with Gasteiger partial charge in [-0.15, -0.1) is 10.2 Å². The lowest BCUT2D eigenvalue weighted by molar-refractivity contribution is -0.121. The number of amides is 2. The maximum atomic E-state index is 12.6. The number of fused-ring (bicyclic) bond motifs is 1. The molecule has 1 atom stereocenters. The molecule has 1 aliphatic rings. The Balaban J connectivity index is 1.46. The molecule has 0 fully saturated rings. The van der Waals surface area contributed by atoms with Crippen molar-refractivity contribution < 1.29 is 14.3 Å². The number of ether oxygens (including phenoxy) is 1. The van der Waals surface area contributed by atoms with Gasteiger partial charge in [0.25, 0.3) is 5.91 Å². The molecule has 8 nitrogen and oxygen atoms in total. The van der Waals surface area contributed by atoms with Crippen molar-refractivity contribution in [2.75, 3.05) is 22.6 Å². The van der Waals surface area contributed by atoms with Gasteiger partial charge in [-0.2, -0.15) is 0 Å². The second kappa shape index (κ2) is 8.81. The number of nitrogens with zero attached hydrogens (tertiary/aromatic N) is 4. The number of hydrogen-bond donors (Lipinski definition) is 1. The summed E-state index contributed by atoms with van der Waals surface area (Å²) >= 11 is 1.30. The fourth-order valence-corrected chi connectivity index (χ4v) is 4.25. The van der Waals surface area contributed by atoms with Gasteiger partial charge in [-0.3, -0.25) is 14.5 Å². The van der Waals surface area contributed by atoms with Crippen molar-refractivity contribution in [2.24, 2.45) is 7.05 Å². The number of anilines is 2. The van der Waals surface area contributed by atoms with Crippen molar-refractivity contribution in [2.45, 2.75) is 25.0 Å². The molecule has 1 aromatic heterocycles. The quantitative estimate of drug-likeness (QED) is 0.595. The molecule has 0 saturated carbocycles. The predicted octanol–water partition coefficient (Wildman–Crippen LogP) is 3.34. The normalized spacial score (nSPS) is 14.0. The molecular formula is C22H23N5O3S. The zero-order valence-electron chi connectivity index (χ0n) is 17.5. The van der Waals surface area contributed by atoms with Crippen molar-refractivity contribution in [1.29, 1.82) is 0 Å². The Labute approximate surface area is 184 Å². The van der Waals surface area contributed by atoms with E-state index < -0.39 is 0 Å². The van der Waals surface area contributed by atoms with Gasteiger partial charge in [0.05, 0.1) is 17.5 Å². The molecule has 0 aliphatic carbocycles. The number of nitrogens with one attached hydrogen (secondary N) is 1. The molecule has 0 saturated heterocycles. The highest BCUT2D eigenvalue weighted by atomic mass is 32.2.